The van der Waals surface area contributed by atoms with Crippen LogP contribution in [0.4, 0.5) is 11.4 Å². The minimum absolute atomic E-state index is 0.259. The normalized spacial score (nSPS) is 14.9. The predicted molar refractivity (Wildman–Crippen MR) is 123 cm³/mol. The van der Waals surface area contributed by atoms with E-state index in [0.717, 1.165) is 4.90 Å². The maximum Gasteiger partial charge on any atom is 0.270 e. The summed E-state index contributed by atoms with van der Waals surface area (Å²) in [5.41, 5.74) is 2.89. The van der Waals surface area contributed by atoms with Crippen molar-refractivity contribution in [2.24, 2.45) is 0 Å². The van der Waals surface area contributed by atoms with E-state index in [4.69, 9.17) is 0 Å². The summed E-state index contributed by atoms with van der Waals surface area (Å²) >= 11 is 1.48. The third kappa shape index (κ3) is 3.40. The zero-order valence-corrected chi connectivity index (χ0v) is 18.1. The number of amides is 1. The molecule has 0 bridgehead atoms. The van der Waals surface area contributed by atoms with Crippen LogP contribution in [0.3, 0.4) is 0 Å². The van der Waals surface area contributed by atoms with E-state index in [-0.39, 0.29) is 4.91 Å². The zero-order chi connectivity index (χ0) is 21.3. The molecule has 1 aliphatic heterocycles. The first-order chi connectivity index (χ1) is 14.4. The fourth-order valence-electron chi connectivity index (χ4n) is 3.53. The first-order valence-corrected chi connectivity index (χ1v) is 11.9. The molecule has 0 atom stereocenters. The highest BCUT2D eigenvalue weighted by molar-refractivity contribution is 7.98. The highest BCUT2D eigenvalue weighted by Gasteiger charge is 2.39. The van der Waals surface area contributed by atoms with E-state index in [1.165, 1.54) is 23.1 Å². The molecule has 1 aliphatic rings. The summed E-state index contributed by atoms with van der Waals surface area (Å²) in [6.07, 6.45) is 1.90. The van der Waals surface area contributed by atoms with Crippen LogP contribution < -0.4 is 9.62 Å². The minimum Gasteiger partial charge on any atom is -0.320 e. The average Bonchev–Trinajstić information content (AvgIpc) is 2.77. The Morgan fingerprint density at radius 2 is 1.53 bits per heavy atom. The number of nitrogens with zero attached hydrogens (tertiary/aromatic N) is 1. The number of sulfonamides is 1. The van der Waals surface area contributed by atoms with Gasteiger partial charge in [-0.2, -0.15) is 0 Å². The SMILES string of the molecule is CSc1ccccc1NC(=O)C1=C(c2ccccc2)c2ccccc2N(C)S1(=O)=O. The largest absolute Gasteiger partial charge is 0.320 e. The Hall–Kier alpha value is -3.03. The highest BCUT2D eigenvalue weighted by Crippen LogP contribution is 2.42. The molecule has 0 radical (unpaired) electrons. The lowest BCUT2D eigenvalue weighted by atomic mass is 9.95. The predicted octanol–water partition coefficient (Wildman–Crippen LogP) is 4.59. The molecule has 5 nitrogen and oxygen atoms in total. The summed E-state index contributed by atoms with van der Waals surface area (Å²) in [7, 11) is -2.59. The van der Waals surface area contributed by atoms with Gasteiger partial charge < -0.3 is 5.32 Å². The van der Waals surface area contributed by atoms with Gasteiger partial charge in [-0.05, 0) is 30.0 Å². The third-order valence-electron chi connectivity index (χ3n) is 4.98. The van der Waals surface area contributed by atoms with Crippen LogP contribution in [0.2, 0.25) is 0 Å². The molecule has 3 aromatic carbocycles. The molecule has 0 unspecified atom stereocenters. The molecule has 0 aliphatic carbocycles. The van der Waals surface area contributed by atoms with Gasteiger partial charge in [-0.1, -0.05) is 60.7 Å². The van der Waals surface area contributed by atoms with E-state index >= 15 is 0 Å². The topological polar surface area (TPSA) is 66.5 Å². The zero-order valence-electron chi connectivity index (χ0n) is 16.5. The second-order valence-electron chi connectivity index (χ2n) is 6.71. The number of anilines is 2. The molecule has 0 spiro atoms. The van der Waals surface area contributed by atoms with E-state index in [0.29, 0.717) is 28.1 Å². The van der Waals surface area contributed by atoms with Crippen molar-refractivity contribution in [3.8, 4) is 0 Å². The number of benzene rings is 3. The molecule has 152 valence electrons. The van der Waals surface area contributed by atoms with Gasteiger partial charge in [-0.25, -0.2) is 8.42 Å². The summed E-state index contributed by atoms with van der Waals surface area (Å²) in [6.45, 7) is 0. The van der Waals surface area contributed by atoms with E-state index < -0.39 is 15.9 Å². The van der Waals surface area contributed by atoms with Crippen molar-refractivity contribution in [3.05, 3.63) is 94.9 Å². The quantitative estimate of drug-likeness (QED) is 0.608. The lowest BCUT2D eigenvalue weighted by Crippen LogP contribution is -2.37. The van der Waals surface area contributed by atoms with Crippen LogP contribution in [0.1, 0.15) is 11.1 Å². The van der Waals surface area contributed by atoms with Gasteiger partial charge in [0, 0.05) is 23.1 Å². The number of thioether (sulfide) groups is 1. The molecule has 1 amide bonds. The molecular formula is C23H20N2O3S2. The van der Waals surface area contributed by atoms with Crippen molar-refractivity contribution in [1.29, 1.82) is 0 Å². The highest BCUT2D eigenvalue weighted by atomic mass is 32.2. The number of hydrogen-bond donors (Lipinski definition) is 1. The molecule has 4 rings (SSSR count). The fourth-order valence-corrected chi connectivity index (χ4v) is 5.54. The Morgan fingerprint density at radius 3 is 2.27 bits per heavy atom. The van der Waals surface area contributed by atoms with Crippen molar-refractivity contribution < 1.29 is 13.2 Å². The molecule has 1 heterocycles. The number of hydrogen-bond acceptors (Lipinski definition) is 4. The van der Waals surface area contributed by atoms with Crippen LogP contribution in [0, 0.1) is 0 Å². The smallest absolute Gasteiger partial charge is 0.270 e. The third-order valence-corrected chi connectivity index (χ3v) is 7.60. The number of para-hydroxylation sites is 2. The van der Waals surface area contributed by atoms with Gasteiger partial charge in [-0.15, -0.1) is 11.8 Å². The number of carbonyl (C=O) groups is 1. The lowest BCUT2D eigenvalue weighted by Gasteiger charge is -2.31. The number of nitrogens with one attached hydrogen (secondary N) is 1. The Balaban J connectivity index is 1.97. The van der Waals surface area contributed by atoms with Gasteiger partial charge in [0.15, 0.2) is 4.91 Å². The van der Waals surface area contributed by atoms with Crippen LogP contribution in [0.25, 0.3) is 5.57 Å². The van der Waals surface area contributed by atoms with E-state index in [1.807, 2.05) is 60.9 Å². The Kier molecular flexibility index (Phi) is 5.40. The summed E-state index contributed by atoms with van der Waals surface area (Å²) in [4.78, 5) is 14.0. The summed E-state index contributed by atoms with van der Waals surface area (Å²) in [6, 6.07) is 23.7. The first kappa shape index (κ1) is 20.3. The van der Waals surface area contributed by atoms with Gasteiger partial charge in [0.05, 0.1) is 11.4 Å². The standard InChI is InChI=1S/C23H20N2O3S2/c1-25-19-14-8-6-12-17(19)21(16-10-4-3-5-11-16)22(30(25,27)28)23(26)24-18-13-7-9-15-20(18)29-2/h3-15H,1-2H3,(H,24,26). The van der Waals surface area contributed by atoms with Crippen LogP contribution in [-0.4, -0.2) is 27.6 Å². The lowest BCUT2D eigenvalue weighted by molar-refractivity contribution is -0.112. The minimum atomic E-state index is -4.06. The van der Waals surface area contributed by atoms with Crippen molar-refractivity contribution in [1.82, 2.24) is 0 Å². The molecule has 0 aromatic heterocycles. The molecule has 0 saturated heterocycles. The number of rotatable bonds is 4. The Labute approximate surface area is 180 Å². The van der Waals surface area contributed by atoms with Crippen LogP contribution >= 0.6 is 11.8 Å². The molecule has 7 heteroatoms. The second-order valence-corrected chi connectivity index (χ2v) is 9.47. The van der Waals surface area contributed by atoms with Gasteiger partial charge in [0.25, 0.3) is 15.9 Å². The van der Waals surface area contributed by atoms with E-state index in [9.17, 15) is 13.2 Å². The van der Waals surface area contributed by atoms with Crippen LogP contribution in [0.15, 0.2) is 88.7 Å². The van der Waals surface area contributed by atoms with Crippen molar-refractivity contribution >= 4 is 44.6 Å². The molecule has 1 N–H and O–H groups in total. The fraction of sp³-hybridized carbons (Fsp3) is 0.0870. The molecule has 0 saturated carbocycles. The summed E-state index contributed by atoms with van der Waals surface area (Å²) in [5.74, 6) is -0.656. The van der Waals surface area contributed by atoms with Crippen molar-refractivity contribution in [2.75, 3.05) is 22.9 Å². The van der Waals surface area contributed by atoms with Crippen LogP contribution in [0.5, 0.6) is 0 Å². The molecular weight excluding hydrogens is 416 g/mol. The van der Waals surface area contributed by atoms with Crippen molar-refractivity contribution in [2.45, 2.75) is 4.90 Å². The van der Waals surface area contributed by atoms with Gasteiger partial charge in [0.2, 0.25) is 0 Å². The Bertz CT molecular complexity index is 1250. The second kappa shape index (κ2) is 8.01. The number of fused-ring (bicyclic) bond motifs is 1. The average molecular weight is 437 g/mol. The van der Waals surface area contributed by atoms with E-state index in [2.05, 4.69) is 5.32 Å². The monoisotopic (exact) mass is 436 g/mol. The van der Waals surface area contributed by atoms with Gasteiger partial charge in [-0.3, -0.25) is 9.10 Å². The van der Waals surface area contributed by atoms with Crippen LogP contribution in [-0.2, 0) is 14.8 Å². The summed E-state index contributed by atoms with van der Waals surface area (Å²) < 4.78 is 28.1. The van der Waals surface area contributed by atoms with Gasteiger partial charge in [0.1, 0.15) is 0 Å². The van der Waals surface area contributed by atoms with E-state index in [1.54, 1.807) is 24.3 Å². The molecule has 30 heavy (non-hydrogen) atoms. The first-order valence-electron chi connectivity index (χ1n) is 9.27. The molecule has 3 aromatic rings. The Morgan fingerprint density at radius 1 is 0.900 bits per heavy atom. The summed E-state index contributed by atoms with van der Waals surface area (Å²) in [5, 5.41) is 2.81. The van der Waals surface area contributed by atoms with Gasteiger partial charge >= 0.3 is 0 Å². The molecule has 0 fully saturated rings. The van der Waals surface area contributed by atoms with Crippen molar-refractivity contribution in [3.63, 3.8) is 0 Å². The number of carbonyl (C=O) groups excluding carboxylic acids is 1. The maximum atomic E-state index is 13.4. The maximum absolute atomic E-state index is 13.4.